The lowest BCUT2D eigenvalue weighted by molar-refractivity contribution is -0.115. The van der Waals surface area contributed by atoms with Gasteiger partial charge in [0.2, 0.25) is 11.7 Å². The molecular weight excluding hydrogens is 410 g/mol. The Hall–Kier alpha value is -3.10. The molecule has 1 amide bonds. The van der Waals surface area contributed by atoms with Gasteiger partial charge in [-0.15, -0.1) is 10.2 Å². The van der Waals surface area contributed by atoms with E-state index < -0.39 is 5.25 Å². The van der Waals surface area contributed by atoms with Crippen molar-refractivity contribution >= 4 is 35.1 Å². The summed E-state index contributed by atoms with van der Waals surface area (Å²) < 4.78 is 7.37. The van der Waals surface area contributed by atoms with E-state index in [9.17, 15) is 4.79 Å². The van der Waals surface area contributed by atoms with Crippen LogP contribution in [-0.2, 0) is 4.79 Å². The molecule has 3 aromatic heterocycles. The average molecular weight is 426 g/mol. The third-order valence-corrected chi connectivity index (χ3v) is 5.29. The van der Waals surface area contributed by atoms with Gasteiger partial charge < -0.3 is 9.73 Å². The minimum Gasteiger partial charge on any atom is -0.461 e. The highest BCUT2D eigenvalue weighted by Crippen LogP contribution is 2.30. The molecule has 1 atom stereocenters. The standard InChI is InChI=1S/C20H16ClN5O2S/c1-13(19(27)23-17-10-9-14(21)12-22-17)29-20-25-24-18(16-8-5-11-28-16)26(20)15-6-3-2-4-7-15/h2-13H,1H3,(H,22,23,27)/t13-/m1/s1. The lowest BCUT2D eigenvalue weighted by Gasteiger charge is -2.13. The zero-order valence-electron chi connectivity index (χ0n) is 15.3. The lowest BCUT2D eigenvalue weighted by atomic mass is 10.3. The van der Waals surface area contributed by atoms with Gasteiger partial charge in [-0.3, -0.25) is 9.36 Å². The van der Waals surface area contributed by atoms with Crippen LogP contribution in [0.4, 0.5) is 5.82 Å². The van der Waals surface area contributed by atoms with Gasteiger partial charge in [-0.1, -0.05) is 41.6 Å². The minimum absolute atomic E-state index is 0.202. The maximum absolute atomic E-state index is 12.6. The minimum atomic E-state index is -0.441. The number of benzene rings is 1. The van der Waals surface area contributed by atoms with E-state index in [-0.39, 0.29) is 5.91 Å². The molecule has 0 unspecified atom stereocenters. The number of rotatable bonds is 6. The van der Waals surface area contributed by atoms with Crippen LogP contribution in [-0.4, -0.2) is 30.9 Å². The number of anilines is 1. The summed E-state index contributed by atoms with van der Waals surface area (Å²) in [5.41, 5.74) is 0.873. The molecule has 7 nitrogen and oxygen atoms in total. The third-order valence-electron chi connectivity index (χ3n) is 4.02. The van der Waals surface area contributed by atoms with E-state index in [1.807, 2.05) is 41.0 Å². The molecule has 0 aliphatic carbocycles. The molecule has 0 bridgehead atoms. The van der Waals surface area contributed by atoms with Crippen LogP contribution in [0.3, 0.4) is 0 Å². The van der Waals surface area contributed by atoms with E-state index in [1.165, 1.54) is 18.0 Å². The van der Waals surface area contributed by atoms with Crippen molar-refractivity contribution in [3.63, 3.8) is 0 Å². The average Bonchev–Trinajstić information content (AvgIpc) is 3.40. The van der Waals surface area contributed by atoms with Gasteiger partial charge in [0.1, 0.15) is 5.82 Å². The fraction of sp³-hybridized carbons (Fsp3) is 0.100. The smallest absolute Gasteiger partial charge is 0.238 e. The molecule has 0 fully saturated rings. The topological polar surface area (TPSA) is 85.8 Å². The molecule has 146 valence electrons. The number of para-hydroxylation sites is 1. The Balaban J connectivity index is 1.59. The first-order valence-electron chi connectivity index (χ1n) is 8.75. The summed E-state index contributed by atoms with van der Waals surface area (Å²) in [7, 11) is 0. The lowest BCUT2D eigenvalue weighted by Crippen LogP contribution is -2.23. The zero-order chi connectivity index (χ0) is 20.2. The fourth-order valence-electron chi connectivity index (χ4n) is 2.61. The highest BCUT2D eigenvalue weighted by Gasteiger charge is 2.23. The number of nitrogens with one attached hydrogen (secondary N) is 1. The van der Waals surface area contributed by atoms with Crippen LogP contribution in [0.25, 0.3) is 17.3 Å². The zero-order valence-corrected chi connectivity index (χ0v) is 16.9. The Labute approximate surface area is 176 Å². The van der Waals surface area contributed by atoms with E-state index >= 15 is 0 Å². The Morgan fingerprint density at radius 1 is 1.14 bits per heavy atom. The second-order valence-electron chi connectivity index (χ2n) is 6.07. The molecule has 29 heavy (non-hydrogen) atoms. The number of nitrogens with zero attached hydrogens (tertiary/aromatic N) is 4. The molecule has 9 heteroatoms. The SMILES string of the molecule is C[C@@H](Sc1nnc(-c2ccco2)n1-c1ccccc1)C(=O)Nc1ccc(Cl)cn1. The summed E-state index contributed by atoms with van der Waals surface area (Å²) in [5, 5.41) is 12.0. The van der Waals surface area contributed by atoms with Gasteiger partial charge in [-0.25, -0.2) is 4.98 Å². The summed E-state index contributed by atoms with van der Waals surface area (Å²) in [6, 6.07) is 16.6. The van der Waals surface area contributed by atoms with Crippen molar-refractivity contribution in [2.24, 2.45) is 0 Å². The van der Waals surface area contributed by atoms with Crippen LogP contribution in [0.2, 0.25) is 5.02 Å². The summed E-state index contributed by atoms with van der Waals surface area (Å²) >= 11 is 7.13. The first-order valence-corrected chi connectivity index (χ1v) is 10.0. The Bertz CT molecular complexity index is 1100. The Morgan fingerprint density at radius 3 is 2.66 bits per heavy atom. The normalized spacial score (nSPS) is 11.9. The van der Waals surface area contributed by atoms with Crippen LogP contribution < -0.4 is 5.32 Å². The van der Waals surface area contributed by atoms with E-state index in [4.69, 9.17) is 16.0 Å². The Morgan fingerprint density at radius 2 is 1.97 bits per heavy atom. The molecule has 1 aromatic carbocycles. The molecular formula is C20H16ClN5O2S. The van der Waals surface area contributed by atoms with Crippen molar-refractivity contribution in [2.45, 2.75) is 17.3 Å². The molecule has 4 rings (SSSR count). The van der Waals surface area contributed by atoms with Gasteiger partial charge in [0.15, 0.2) is 10.9 Å². The van der Waals surface area contributed by atoms with Crippen LogP contribution in [0.15, 0.2) is 76.6 Å². The van der Waals surface area contributed by atoms with Gasteiger partial charge in [0.25, 0.3) is 0 Å². The van der Waals surface area contributed by atoms with Crippen LogP contribution in [0, 0.1) is 0 Å². The van der Waals surface area contributed by atoms with Crippen LogP contribution in [0.1, 0.15) is 6.92 Å². The second kappa shape index (κ2) is 8.50. The number of halogens is 1. The van der Waals surface area contributed by atoms with E-state index in [0.29, 0.717) is 27.6 Å². The van der Waals surface area contributed by atoms with Crippen LogP contribution >= 0.6 is 23.4 Å². The summed E-state index contributed by atoms with van der Waals surface area (Å²) in [4.78, 5) is 16.7. The molecule has 0 radical (unpaired) electrons. The van der Waals surface area contributed by atoms with Gasteiger partial charge >= 0.3 is 0 Å². The maximum atomic E-state index is 12.6. The molecule has 0 saturated heterocycles. The number of amides is 1. The quantitative estimate of drug-likeness (QED) is 0.451. The van der Waals surface area contributed by atoms with Crippen LogP contribution in [0.5, 0.6) is 0 Å². The maximum Gasteiger partial charge on any atom is 0.238 e. The van der Waals surface area contributed by atoms with Crippen molar-refractivity contribution in [3.8, 4) is 17.3 Å². The number of pyridine rings is 1. The van der Waals surface area contributed by atoms with Crippen molar-refractivity contribution in [1.29, 1.82) is 0 Å². The summed E-state index contributed by atoms with van der Waals surface area (Å²) in [6.45, 7) is 1.80. The van der Waals surface area contributed by atoms with Crippen molar-refractivity contribution in [2.75, 3.05) is 5.32 Å². The van der Waals surface area contributed by atoms with E-state index in [1.54, 1.807) is 31.4 Å². The van der Waals surface area contributed by atoms with E-state index in [0.717, 1.165) is 5.69 Å². The number of hydrogen-bond donors (Lipinski definition) is 1. The van der Waals surface area contributed by atoms with Gasteiger partial charge in [0.05, 0.1) is 16.5 Å². The number of aromatic nitrogens is 4. The van der Waals surface area contributed by atoms with Gasteiger partial charge in [0, 0.05) is 11.9 Å². The highest BCUT2D eigenvalue weighted by atomic mass is 35.5. The number of furan rings is 1. The first-order chi connectivity index (χ1) is 14.1. The molecule has 0 saturated carbocycles. The van der Waals surface area contributed by atoms with Gasteiger partial charge in [-0.05, 0) is 43.3 Å². The highest BCUT2D eigenvalue weighted by molar-refractivity contribution is 8.00. The van der Waals surface area contributed by atoms with Crippen molar-refractivity contribution in [1.82, 2.24) is 19.7 Å². The number of thioether (sulfide) groups is 1. The predicted molar refractivity (Wildman–Crippen MR) is 112 cm³/mol. The fourth-order valence-corrected chi connectivity index (χ4v) is 3.59. The summed E-state index contributed by atoms with van der Waals surface area (Å²) in [5.74, 6) is 1.39. The largest absolute Gasteiger partial charge is 0.461 e. The number of hydrogen-bond acceptors (Lipinski definition) is 6. The van der Waals surface area contributed by atoms with Gasteiger partial charge in [-0.2, -0.15) is 0 Å². The van der Waals surface area contributed by atoms with E-state index in [2.05, 4.69) is 20.5 Å². The van der Waals surface area contributed by atoms with Crippen molar-refractivity contribution in [3.05, 3.63) is 72.1 Å². The monoisotopic (exact) mass is 425 g/mol. The third kappa shape index (κ3) is 4.33. The second-order valence-corrected chi connectivity index (χ2v) is 7.81. The first kappa shape index (κ1) is 19.2. The summed E-state index contributed by atoms with van der Waals surface area (Å²) in [6.07, 6.45) is 3.07. The molecule has 0 aliphatic rings. The number of carbonyl (C=O) groups excluding carboxylic acids is 1. The predicted octanol–water partition coefficient (Wildman–Crippen LogP) is 4.70. The Kier molecular flexibility index (Phi) is 5.64. The molecule has 3 heterocycles. The van der Waals surface area contributed by atoms with Crippen molar-refractivity contribution < 1.29 is 9.21 Å². The molecule has 4 aromatic rings. The molecule has 1 N–H and O–H groups in total. The number of carbonyl (C=O) groups is 1. The molecule has 0 spiro atoms. The molecule has 0 aliphatic heterocycles.